The summed E-state index contributed by atoms with van der Waals surface area (Å²) in [4.78, 5) is 0. The molecule has 18 heavy (non-hydrogen) atoms. The second-order valence-electron chi connectivity index (χ2n) is 3.91. The van der Waals surface area contributed by atoms with Crippen LogP contribution in [0.2, 0.25) is 0 Å². The maximum atomic E-state index is 8.96. The van der Waals surface area contributed by atoms with Crippen molar-refractivity contribution in [1.29, 1.82) is 10.7 Å². The molecule has 0 saturated heterocycles. The van der Waals surface area contributed by atoms with Gasteiger partial charge in [0.05, 0.1) is 12.5 Å². The van der Waals surface area contributed by atoms with Crippen LogP contribution in [0.4, 0.5) is 0 Å². The zero-order valence-corrected chi connectivity index (χ0v) is 10.6. The zero-order valence-electron chi connectivity index (χ0n) is 9.81. The van der Waals surface area contributed by atoms with Crippen molar-refractivity contribution in [3.05, 3.63) is 47.5 Å². The molecule has 0 aliphatic rings. The first kappa shape index (κ1) is 12.5. The lowest BCUT2D eigenvalue weighted by Gasteiger charge is -2.10. The number of nitriles is 1. The molecule has 0 unspecified atom stereocenters. The van der Waals surface area contributed by atoms with Gasteiger partial charge in [0, 0.05) is 5.75 Å². The Bertz CT molecular complexity index is 628. The summed E-state index contributed by atoms with van der Waals surface area (Å²) in [7, 11) is 0. The van der Waals surface area contributed by atoms with E-state index < -0.39 is 0 Å². The molecule has 0 aliphatic heterocycles. The molecule has 90 valence electrons. The van der Waals surface area contributed by atoms with E-state index in [-0.39, 0.29) is 5.17 Å². The summed E-state index contributed by atoms with van der Waals surface area (Å²) in [5.41, 5.74) is 7.48. The van der Waals surface area contributed by atoms with Crippen molar-refractivity contribution in [3.63, 3.8) is 0 Å². The van der Waals surface area contributed by atoms with E-state index in [1.165, 1.54) is 11.8 Å². The van der Waals surface area contributed by atoms with Gasteiger partial charge in [0.25, 0.3) is 0 Å². The molecular formula is C14H13N3S. The smallest absolute Gasteiger partial charge is 0.151 e. The third-order valence-electron chi connectivity index (χ3n) is 2.78. The number of nitrogens with zero attached hydrogens (tertiary/aromatic N) is 1. The van der Waals surface area contributed by atoms with Crippen LogP contribution in [0.3, 0.4) is 0 Å². The summed E-state index contributed by atoms with van der Waals surface area (Å²) >= 11 is 1.28. The zero-order chi connectivity index (χ0) is 13.0. The van der Waals surface area contributed by atoms with Crippen LogP contribution in [0.5, 0.6) is 0 Å². The summed E-state index contributed by atoms with van der Waals surface area (Å²) < 4.78 is 0. The summed E-state index contributed by atoms with van der Waals surface area (Å²) in [6.45, 7) is 0. The van der Waals surface area contributed by atoms with Gasteiger partial charge in [0.2, 0.25) is 0 Å². The molecule has 0 atom stereocenters. The molecule has 0 heterocycles. The standard InChI is InChI=1S/C14H13N3S/c15-8-7-13-11(9-18-14(16)17)6-5-10-3-1-2-4-12(10)13/h1-6H,7,9H2,(H3,16,17). The van der Waals surface area contributed by atoms with E-state index in [4.69, 9.17) is 16.4 Å². The summed E-state index contributed by atoms with van der Waals surface area (Å²) in [6, 6.07) is 14.3. The van der Waals surface area contributed by atoms with Gasteiger partial charge in [-0.2, -0.15) is 5.26 Å². The van der Waals surface area contributed by atoms with Gasteiger partial charge >= 0.3 is 0 Å². The normalized spacial score (nSPS) is 10.2. The Labute approximate surface area is 110 Å². The minimum Gasteiger partial charge on any atom is -0.379 e. The maximum Gasteiger partial charge on any atom is 0.151 e. The SMILES string of the molecule is N#CCc1c(CSC(=N)N)ccc2ccccc12. The molecule has 0 amide bonds. The lowest BCUT2D eigenvalue weighted by molar-refractivity contribution is 1.23. The third-order valence-corrected chi connectivity index (χ3v) is 3.54. The van der Waals surface area contributed by atoms with Crippen LogP contribution in [0.15, 0.2) is 36.4 Å². The van der Waals surface area contributed by atoms with Gasteiger partial charge < -0.3 is 5.73 Å². The van der Waals surface area contributed by atoms with Crippen molar-refractivity contribution < 1.29 is 0 Å². The summed E-state index contributed by atoms with van der Waals surface area (Å²) in [6.07, 6.45) is 0.384. The van der Waals surface area contributed by atoms with Crippen molar-refractivity contribution in [2.45, 2.75) is 12.2 Å². The van der Waals surface area contributed by atoms with Crippen LogP contribution >= 0.6 is 11.8 Å². The number of fused-ring (bicyclic) bond motifs is 1. The average molecular weight is 255 g/mol. The predicted octanol–water partition coefficient (Wildman–Crippen LogP) is 3.03. The van der Waals surface area contributed by atoms with Crippen LogP contribution in [-0.4, -0.2) is 5.17 Å². The fourth-order valence-electron chi connectivity index (χ4n) is 1.96. The number of nitrogens with one attached hydrogen (secondary N) is 1. The Morgan fingerprint density at radius 3 is 2.78 bits per heavy atom. The van der Waals surface area contributed by atoms with Crippen LogP contribution in [-0.2, 0) is 12.2 Å². The van der Waals surface area contributed by atoms with Gasteiger partial charge in [-0.05, 0) is 21.9 Å². The van der Waals surface area contributed by atoms with Crippen LogP contribution in [0.1, 0.15) is 11.1 Å². The maximum absolute atomic E-state index is 8.96. The Morgan fingerprint density at radius 1 is 1.28 bits per heavy atom. The topological polar surface area (TPSA) is 73.7 Å². The molecule has 3 N–H and O–H groups in total. The Hall–Kier alpha value is -1.99. The molecular weight excluding hydrogens is 242 g/mol. The van der Waals surface area contributed by atoms with E-state index in [1.807, 2.05) is 36.4 Å². The fourth-order valence-corrected chi connectivity index (χ4v) is 2.54. The van der Waals surface area contributed by atoms with E-state index in [0.717, 1.165) is 21.9 Å². The van der Waals surface area contributed by atoms with E-state index in [1.54, 1.807) is 0 Å². The van der Waals surface area contributed by atoms with Crippen LogP contribution < -0.4 is 5.73 Å². The first-order chi connectivity index (χ1) is 8.72. The molecule has 2 aromatic rings. The molecule has 0 saturated carbocycles. The highest BCUT2D eigenvalue weighted by Gasteiger charge is 2.07. The van der Waals surface area contributed by atoms with Gasteiger partial charge in [-0.3, -0.25) is 5.41 Å². The molecule has 0 fully saturated rings. The van der Waals surface area contributed by atoms with Gasteiger partial charge in [-0.25, -0.2) is 0 Å². The average Bonchev–Trinajstić information content (AvgIpc) is 2.38. The first-order valence-electron chi connectivity index (χ1n) is 5.55. The number of nitrogens with two attached hydrogens (primary N) is 1. The first-order valence-corrected chi connectivity index (χ1v) is 6.54. The highest BCUT2D eigenvalue weighted by Crippen LogP contribution is 2.25. The van der Waals surface area contributed by atoms with Crippen molar-refractivity contribution in [3.8, 4) is 6.07 Å². The highest BCUT2D eigenvalue weighted by molar-refractivity contribution is 8.13. The molecule has 0 bridgehead atoms. The molecule has 3 nitrogen and oxygen atoms in total. The van der Waals surface area contributed by atoms with Gasteiger partial charge in [0.1, 0.15) is 0 Å². The van der Waals surface area contributed by atoms with E-state index in [9.17, 15) is 0 Å². The second kappa shape index (κ2) is 5.56. The number of thioether (sulfide) groups is 1. The number of rotatable bonds is 3. The second-order valence-corrected chi connectivity index (χ2v) is 4.93. The minimum absolute atomic E-state index is 0.103. The summed E-state index contributed by atoms with van der Waals surface area (Å²) in [5.74, 6) is 0.636. The molecule has 2 aromatic carbocycles. The Morgan fingerprint density at radius 2 is 2.06 bits per heavy atom. The number of hydrogen-bond donors (Lipinski definition) is 2. The van der Waals surface area contributed by atoms with E-state index >= 15 is 0 Å². The highest BCUT2D eigenvalue weighted by atomic mass is 32.2. The molecule has 0 spiro atoms. The van der Waals surface area contributed by atoms with Crippen molar-refractivity contribution >= 4 is 27.7 Å². The van der Waals surface area contributed by atoms with Gasteiger partial charge in [-0.1, -0.05) is 48.2 Å². The monoisotopic (exact) mass is 255 g/mol. The number of benzene rings is 2. The minimum atomic E-state index is 0.103. The lowest BCUT2D eigenvalue weighted by atomic mass is 9.98. The van der Waals surface area contributed by atoms with Crippen molar-refractivity contribution in [1.82, 2.24) is 0 Å². The molecule has 4 heteroatoms. The Balaban J connectivity index is 2.49. The van der Waals surface area contributed by atoms with Gasteiger partial charge in [0.15, 0.2) is 5.17 Å². The molecule has 2 rings (SSSR count). The number of amidine groups is 1. The summed E-state index contributed by atoms with van der Waals surface area (Å²) in [5, 5.41) is 18.6. The predicted molar refractivity (Wildman–Crippen MR) is 76.5 cm³/mol. The fraction of sp³-hybridized carbons (Fsp3) is 0.143. The Kier molecular flexibility index (Phi) is 3.85. The quantitative estimate of drug-likeness (QED) is 0.654. The van der Waals surface area contributed by atoms with Crippen molar-refractivity contribution in [2.75, 3.05) is 0 Å². The molecule has 0 radical (unpaired) electrons. The third kappa shape index (κ3) is 2.63. The largest absolute Gasteiger partial charge is 0.379 e. The number of hydrogen-bond acceptors (Lipinski definition) is 3. The van der Waals surface area contributed by atoms with E-state index in [2.05, 4.69) is 6.07 Å². The van der Waals surface area contributed by atoms with E-state index in [0.29, 0.717) is 12.2 Å². The molecule has 0 aliphatic carbocycles. The van der Waals surface area contributed by atoms with Crippen LogP contribution in [0, 0.1) is 16.7 Å². The van der Waals surface area contributed by atoms with Gasteiger partial charge in [-0.15, -0.1) is 0 Å². The molecule has 0 aromatic heterocycles. The van der Waals surface area contributed by atoms with Crippen LogP contribution in [0.25, 0.3) is 10.8 Å². The lowest BCUT2D eigenvalue weighted by Crippen LogP contribution is -2.04. The van der Waals surface area contributed by atoms with Crippen molar-refractivity contribution in [2.24, 2.45) is 5.73 Å².